The number of rotatable bonds is 8. The first-order valence-electron chi connectivity index (χ1n) is 11.5. The van der Waals surface area contributed by atoms with Crippen LogP contribution in [-0.2, 0) is 16.4 Å². The van der Waals surface area contributed by atoms with E-state index in [0.29, 0.717) is 43.1 Å². The van der Waals surface area contributed by atoms with Crippen molar-refractivity contribution in [2.24, 2.45) is 5.92 Å². The van der Waals surface area contributed by atoms with Crippen molar-refractivity contribution in [2.45, 2.75) is 62.0 Å². The van der Waals surface area contributed by atoms with Gasteiger partial charge >= 0.3 is 0 Å². The van der Waals surface area contributed by atoms with Gasteiger partial charge in [0.1, 0.15) is 11.6 Å². The van der Waals surface area contributed by atoms with Crippen LogP contribution >= 0.6 is 0 Å². The average Bonchev–Trinajstić information content (AvgIpc) is 3.53. The molecule has 9 heteroatoms. The quantitative estimate of drug-likeness (QED) is 0.462. The Morgan fingerprint density at radius 3 is 2.45 bits per heavy atom. The molecule has 2 saturated carbocycles. The molecule has 33 heavy (non-hydrogen) atoms. The van der Waals surface area contributed by atoms with E-state index in [4.69, 9.17) is 0 Å². The van der Waals surface area contributed by atoms with Crippen molar-refractivity contribution in [3.05, 3.63) is 60.3 Å². The lowest BCUT2D eigenvalue weighted by Gasteiger charge is -2.35. The van der Waals surface area contributed by atoms with Gasteiger partial charge in [0.05, 0.1) is 11.0 Å². The summed E-state index contributed by atoms with van der Waals surface area (Å²) < 4.78 is 28.8. The lowest BCUT2D eigenvalue weighted by Crippen LogP contribution is -2.43. The summed E-state index contributed by atoms with van der Waals surface area (Å²) in [7, 11) is -3.82. The maximum atomic E-state index is 13.7. The number of benzene rings is 1. The molecule has 8 nitrogen and oxygen atoms in total. The molecular formula is C24H29N5O3S. The summed E-state index contributed by atoms with van der Waals surface area (Å²) in [6.45, 7) is 0. The fourth-order valence-corrected chi connectivity index (χ4v) is 6.09. The van der Waals surface area contributed by atoms with Gasteiger partial charge in [-0.25, -0.2) is 17.7 Å². The van der Waals surface area contributed by atoms with Crippen molar-refractivity contribution in [2.75, 3.05) is 9.62 Å². The third-order valence-corrected chi connectivity index (χ3v) is 8.22. The second kappa shape index (κ2) is 9.15. The lowest BCUT2D eigenvalue weighted by atomic mass is 9.93. The van der Waals surface area contributed by atoms with Crippen molar-refractivity contribution in [1.82, 2.24) is 15.2 Å². The van der Waals surface area contributed by atoms with Crippen LogP contribution in [0, 0.1) is 5.92 Å². The van der Waals surface area contributed by atoms with E-state index in [1.54, 1.807) is 48.5 Å². The van der Waals surface area contributed by atoms with E-state index in [2.05, 4.69) is 20.5 Å². The van der Waals surface area contributed by atoms with Gasteiger partial charge in [-0.2, -0.15) is 5.10 Å². The molecule has 3 N–H and O–H groups in total. The van der Waals surface area contributed by atoms with Crippen LogP contribution in [0.25, 0.3) is 0 Å². The Bertz CT molecular complexity index is 1190. The Labute approximate surface area is 194 Å². The van der Waals surface area contributed by atoms with E-state index in [1.807, 2.05) is 6.07 Å². The molecule has 0 aliphatic heterocycles. The van der Waals surface area contributed by atoms with Crippen LogP contribution in [-0.4, -0.2) is 40.9 Å². The van der Waals surface area contributed by atoms with Crippen molar-refractivity contribution in [3.63, 3.8) is 0 Å². The summed E-state index contributed by atoms with van der Waals surface area (Å²) in [6, 6.07) is 15.5. The first-order valence-corrected chi connectivity index (χ1v) is 13.0. The number of anilines is 3. The molecule has 0 spiro atoms. The minimum Gasteiger partial charge on any atom is -0.393 e. The van der Waals surface area contributed by atoms with Crippen LogP contribution in [0.5, 0.6) is 0 Å². The fourth-order valence-electron chi connectivity index (χ4n) is 4.42. The summed E-state index contributed by atoms with van der Waals surface area (Å²) in [5.74, 6) is 2.30. The van der Waals surface area contributed by atoms with Gasteiger partial charge in [0.15, 0.2) is 5.82 Å². The first kappa shape index (κ1) is 21.9. The van der Waals surface area contributed by atoms with E-state index < -0.39 is 10.0 Å². The molecular weight excluding hydrogens is 438 g/mol. The van der Waals surface area contributed by atoms with Crippen molar-refractivity contribution >= 4 is 27.5 Å². The number of hydrogen-bond acceptors (Lipinski definition) is 6. The van der Waals surface area contributed by atoms with Gasteiger partial charge in [-0.05, 0) is 75.1 Å². The molecule has 5 rings (SSSR count). The summed E-state index contributed by atoms with van der Waals surface area (Å²) in [6.07, 6.45) is 5.46. The van der Waals surface area contributed by atoms with Crippen LogP contribution in [0.15, 0.2) is 59.5 Å². The molecule has 2 heterocycles. The predicted molar refractivity (Wildman–Crippen MR) is 127 cm³/mol. The molecule has 0 radical (unpaired) electrons. The summed E-state index contributed by atoms with van der Waals surface area (Å²) in [5.41, 5.74) is 1.09. The van der Waals surface area contributed by atoms with E-state index in [0.717, 1.165) is 18.0 Å². The summed E-state index contributed by atoms with van der Waals surface area (Å²) >= 11 is 0. The molecule has 2 fully saturated rings. The van der Waals surface area contributed by atoms with E-state index in [9.17, 15) is 13.5 Å². The highest BCUT2D eigenvalue weighted by molar-refractivity contribution is 7.92. The van der Waals surface area contributed by atoms with Crippen LogP contribution in [0.1, 0.15) is 44.2 Å². The number of nitrogens with zero attached hydrogens (tertiary/aromatic N) is 3. The Morgan fingerprint density at radius 2 is 1.73 bits per heavy atom. The molecule has 2 aromatic heterocycles. The van der Waals surface area contributed by atoms with E-state index in [-0.39, 0.29) is 17.0 Å². The molecule has 2 aliphatic rings. The number of nitrogens with one attached hydrogen (secondary N) is 2. The van der Waals surface area contributed by atoms with Crippen molar-refractivity contribution in [3.8, 4) is 0 Å². The number of aliphatic hydroxyl groups is 1. The molecule has 0 bridgehead atoms. The standard InChI is InChI=1S/C24H29N5O3S/c30-20-13-11-19(12-14-20)29(33(31,32)21-5-2-1-3-6-21)24-8-4-7-22(26-24)25-23-16-18(27-28-23)15-17-9-10-17/h1-8,16-17,19-20,30H,9-15H2,(H2,25,26,27,28). The minimum absolute atomic E-state index is 0.230. The number of aliphatic hydroxyl groups excluding tert-OH is 1. The van der Waals surface area contributed by atoms with Gasteiger partial charge in [0.25, 0.3) is 10.0 Å². The predicted octanol–water partition coefficient (Wildman–Crippen LogP) is 4.00. The van der Waals surface area contributed by atoms with Gasteiger partial charge in [-0.15, -0.1) is 0 Å². The van der Waals surface area contributed by atoms with Crippen LogP contribution in [0.4, 0.5) is 17.5 Å². The maximum Gasteiger partial charge on any atom is 0.265 e. The highest BCUT2D eigenvalue weighted by Crippen LogP contribution is 2.34. The largest absolute Gasteiger partial charge is 0.393 e. The normalized spacial score (nSPS) is 21.0. The SMILES string of the molecule is O=S(=O)(c1ccccc1)N(c1cccc(Nc2cc(CC3CC3)[nH]n2)n1)C1CCC(O)CC1. The third-order valence-electron chi connectivity index (χ3n) is 6.35. The third kappa shape index (κ3) is 5.04. The smallest absolute Gasteiger partial charge is 0.265 e. The summed E-state index contributed by atoms with van der Waals surface area (Å²) in [4.78, 5) is 4.89. The number of H-pyrrole nitrogens is 1. The first-order chi connectivity index (χ1) is 16.0. The zero-order chi connectivity index (χ0) is 22.8. The highest BCUT2D eigenvalue weighted by Gasteiger charge is 2.35. The zero-order valence-corrected chi connectivity index (χ0v) is 19.2. The molecule has 174 valence electrons. The number of sulfonamides is 1. The monoisotopic (exact) mass is 467 g/mol. The molecule has 2 aliphatic carbocycles. The van der Waals surface area contributed by atoms with E-state index >= 15 is 0 Å². The number of aromatic nitrogens is 3. The van der Waals surface area contributed by atoms with Crippen molar-refractivity contribution in [1.29, 1.82) is 0 Å². The van der Waals surface area contributed by atoms with Crippen LogP contribution < -0.4 is 9.62 Å². The molecule has 0 atom stereocenters. The van der Waals surface area contributed by atoms with Gasteiger partial charge in [-0.3, -0.25) is 5.10 Å². The molecule has 0 amide bonds. The maximum absolute atomic E-state index is 13.7. The molecule has 0 saturated heterocycles. The van der Waals surface area contributed by atoms with Gasteiger partial charge in [0, 0.05) is 17.8 Å². The number of hydrogen-bond donors (Lipinski definition) is 3. The Morgan fingerprint density at radius 1 is 0.970 bits per heavy atom. The van der Waals surface area contributed by atoms with Crippen LogP contribution in [0.3, 0.4) is 0 Å². The van der Waals surface area contributed by atoms with Gasteiger partial charge in [0.2, 0.25) is 0 Å². The van der Waals surface area contributed by atoms with Gasteiger partial charge < -0.3 is 10.4 Å². The number of pyridine rings is 1. The molecule has 1 aromatic carbocycles. The lowest BCUT2D eigenvalue weighted by molar-refractivity contribution is 0.124. The Hall–Kier alpha value is -2.91. The number of aromatic amines is 1. The van der Waals surface area contributed by atoms with E-state index in [1.165, 1.54) is 17.1 Å². The molecule has 0 unspecified atom stereocenters. The summed E-state index contributed by atoms with van der Waals surface area (Å²) in [5, 5.41) is 20.6. The zero-order valence-electron chi connectivity index (χ0n) is 18.4. The highest BCUT2D eigenvalue weighted by atomic mass is 32.2. The van der Waals surface area contributed by atoms with Gasteiger partial charge in [-0.1, -0.05) is 24.3 Å². The van der Waals surface area contributed by atoms with Crippen molar-refractivity contribution < 1.29 is 13.5 Å². The van der Waals surface area contributed by atoms with Crippen LogP contribution in [0.2, 0.25) is 0 Å². The average molecular weight is 468 g/mol. The Kier molecular flexibility index (Phi) is 6.07. The minimum atomic E-state index is -3.82. The Balaban J connectivity index is 1.44. The second-order valence-electron chi connectivity index (χ2n) is 9.01. The topological polar surface area (TPSA) is 111 Å². The second-order valence-corrected chi connectivity index (χ2v) is 10.8. The fraction of sp³-hybridized carbons (Fsp3) is 0.417. The molecule has 3 aromatic rings.